The lowest BCUT2D eigenvalue weighted by Gasteiger charge is -2.49. The topological polar surface area (TPSA) is 211 Å². The summed E-state index contributed by atoms with van der Waals surface area (Å²) in [5.74, 6) is -1.37. The standard InChI is InChI=1S/C50H53N7O9S4/c1-30-52-35(28-67-27-26-51-46(62)64-48(2,3)4)45(69-30)70-36-29-68-43-39(42(59)57(43)40(36)44(60)61)55-41(58)38(34-24-17-25-37(53-34)54-47(63)65-49(5,6)7)56-66-50(31-18-11-8-12-19-31,32-20-13-9-14-21-32)33-22-15-10-16-23-33/h8-25,39,43H,26-29H2,1-7H3,(H,51,62)(H,55,58)(H,60,61)(H,53,54,63)/t39-,43+/m1/s1. The van der Waals surface area contributed by atoms with Crippen molar-refractivity contribution >= 4 is 88.1 Å². The molecule has 0 aliphatic carbocycles. The van der Waals surface area contributed by atoms with Crippen LogP contribution in [0.4, 0.5) is 15.4 Å². The van der Waals surface area contributed by atoms with Crippen LogP contribution in [0.25, 0.3) is 0 Å². The lowest BCUT2D eigenvalue weighted by molar-refractivity contribution is -0.150. The molecule has 1 saturated heterocycles. The van der Waals surface area contributed by atoms with E-state index < -0.39 is 58.2 Å². The lowest BCUT2D eigenvalue weighted by Crippen LogP contribution is -2.71. The molecule has 0 bridgehead atoms. The smallest absolute Gasteiger partial charge is 0.413 e. The third kappa shape index (κ3) is 12.5. The summed E-state index contributed by atoms with van der Waals surface area (Å²) in [6, 6.07) is 31.7. The van der Waals surface area contributed by atoms with Crippen LogP contribution in [0.5, 0.6) is 0 Å². The average molecular weight is 1020 g/mol. The Labute approximate surface area is 422 Å². The summed E-state index contributed by atoms with van der Waals surface area (Å²) in [5.41, 5.74) is -0.478. The van der Waals surface area contributed by atoms with Crippen LogP contribution in [-0.4, -0.2) is 96.3 Å². The van der Waals surface area contributed by atoms with Crippen LogP contribution in [0.2, 0.25) is 0 Å². The number of amides is 4. The fraction of sp³-hybridized carbons (Fsp3) is 0.320. The number of oxime groups is 1. The molecule has 2 aliphatic heterocycles. The molecule has 4 heterocycles. The number of ether oxygens (including phenoxy) is 2. The number of nitrogens with zero attached hydrogens (tertiary/aromatic N) is 4. The van der Waals surface area contributed by atoms with Gasteiger partial charge in [0.25, 0.3) is 11.8 Å². The SMILES string of the molecule is Cc1nc(CSCCNC(=O)OC(C)(C)C)c(SC2=C(C(=O)O)N3C(=O)[C@@H](NC(=O)C(=NOC(c4ccccc4)(c4ccccc4)c4ccccc4)c4cccc(NC(=O)OC(C)(C)C)n4)[C@@H]3SC2)s1. The molecular weight excluding hydrogens is 971 g/mol. The number of alkyl carbamates (subject to hydrolysis) is 1. The highest BCUT2D eigenvalue weighted by Crippen LogP contribution is 2.47. The van der Waals surface area contributed by atoms with Crippen LogP contribution < -0.4 is 16.0 Å². The van der Waals surface area contributed by atoms with Crippen LogP contribution in [-0.2, 0) is 40.0 Å². The fourth-order valence-corrected chi connectivity index (χ4v) is 12.2. The second-order valence-corrected chi connectivity index (χ2v) is 22.6. The normalized spacial score (nSPS) is 16.1. The molecule has 1 fully saturated rings. The van der Waals surface area contributed by atoms with Gasteiger partial charge in [0.05, 0.1) is 14.9 Å². The van der Waals surface area contributed by atoms with Gasteiger partial charge in [-0.05, 0) is 60.6 Å². The number of thiazole rings is 1. The number of β-lactam (4-membered cyclic amide) rings is 1. The maximum atomic E-state index is 14.8. The number of hydrogen-bond acceptors (Lipinski definition) is 15. The minimum Gasteiger partial charge on any atom is -0.477 e. The molecule has 0 unspecified atom stereocenters. The minimum absolute atomic E-state index is 0.00741. The summed E-state index contributed by atoms with van der Waals surface area (Å²) in [4.78, 5) is 84.5. The highest BCUT2D eigenvalue weighted by Gasteiger charge is 2.55. The quantitative estimate of drug-likeness (QED) is 0.0225. The molecule has 70 heavy (non-hydrogen) atoms. The average Bonchev–Trinajstić information content (AvgIpc) is 3.66. The molecule has 0 saturated carbocycles. The van der Waals surface area contributed by atoms with E-state index in [0.29, 0.717) is 39.6 Å². The number of carbonyl (C=O) groups is 5. The zero-order valence-electron chi connectivity index (χ0n) is 39.5. The van der Waals surface area contributed by atoms with E-state index in [0.717, 1.165) is 14.9 Å². The summed E-state index contributed by atoms with van der Waals surface area (Å²) in [7, 11) is 0. The third-order valence-corrected chi connectivity index (χ3v) is 15.0. The van der Waals surface area contributed by atoms with Gasteiger partial charge in [0.15, 0.2) is 5.71 Å². The summed E-state index contributed by atoms with van der Waals surface area (Å²) in [6.07, 6.45) is -1.27. The Hall–Kier alpha value is -6.35. The van der Waals surface area contributed by atoms with Gasteiger partial charge in [0, 0.05) is 45.4 Å². The van der Waals surface area contributed by atoms with E-state index in [-0.39, 0.29) is 28.7 Å². The summed E-state index contributed by atoms with van der Waals surface area (Å²) in [5, 5.41) is 23.4. The minimum atomic E-state index is -1.41. The van der Waals surface area contributed by atoms with Crippen molar-refractivity contribution in [1.29, 1.82) is 0 Å². The van der Waals surface area contributed by atoms with E-state index in [1.54, 1.807) is 59.4 Å². The van der Waals surface area contributed by atoms with Crippen LogP contribution in [0.15, 0.2) is 129 Å². The summed E-state index contributed by atoms with van der Waals surface area (Å²) in [6.45, 7) is 12.8. The third-order valence-electron chi connectivity index (χ3n) is 10.2. The molecule has 5 aromatic rings. The summed E-state index contributed by atoms with van der Waals surface area (Å²) < 4.78 is 11.5. The number of thioether (sulfide) groups is 3. The molecule has 2 aliphatic rings. The number of carboxylic acid groups (broad SMARTS) is 1. The fourth-order valence-electron chi connectivity index (χ4n) is 7.36. The highest BCUT2D eigenvalue weighted by molar-refractivity contribution is 8.07. The first-order valence-corrected chi connectivity index (χ1v) is 26.0. The number of rotatable bonds is 17. The van der Waals surface area contributed by atoms with E-state index in [9.17, 15) is 29.1 Å². The number of nitrogens with one attached hydrogen (secondary N) is 3. The van der Waals surface area contributed by atoms with Gasteiger partial charge < -0.3 is 30.1 Å². The van der Waals surface area contributed by atoms with Crippen LogP contribution >= 0.6 is 46.6 Å². The molecule has 0 spiro atoms. The Kier molecular flexibility index (Phi) is 16.3. The van der Waals surface area contributed by atoms with Gasteiger partial charge in [-0.1, -0.05) is 114 Å². The van der Waals surface area contributed by atoms with E-state index in [2.05, 4.69) is 26.1 Å². The Morgan fingerprint density at radius 3 is 1.97 bits per heavy atom. The van der Waals surface area contributed by atoms with Crippen molar-refractivity contribution in [3.05, 3.63) is 153 Å². The van der Waals surface area contributed by atoms with Crippen LogP contribution in [0.1, 0.15) is 74.6 Å². The first kappa shape index (κ1) is 51.5. The van der Waals surface area contributed by atoms with Crippen LogP contribution in [0.3, 0.4) is 0 Å². The number of aliphatic carboxylic acids is 1. The number of carboxylic acids is 1. The molecule has 2 atom stereocenters. The number of aromatic nitrogens is 2. The maximum Gasteiger partial charge on any atom is 0.413 e. The highest BCUT2D eigenvalue weighted by atomic mass is 32.2. The van der Waals surface area contributed by atoms with Gasteiger partial charge in [-0.3, -0.25) is 19.8 Å². The number of aryl methyl sites for hydroxylation is 1. The van der Waals surface area contributed by atoms with Crippen molar-refractivity contribution in [1.82, 2.24) is 25.5 Å². The van der Waals surface area contributed by atoms with Crippen molar-refractivity contribution in [2.75, 3.05) is 23.4 Å². The molecule has 20 heteroatoms. The molecule has 16 nitrogen and oxygen atoms in total. The first-order chi connectivity index (χ1) is 33.3. The van der Waals surface area contributed by atoms with E-state index in [1.165, 1.54) is 51.9 Å². The number of hydrogen-bond donors (Lipinski definition) is 4. The lowest BCUT2D eigenvalue weighted by atomic mass is 9.80. The first-order valence-electron chi connectivity index (χ1n) is 22.1. The molecule has 0 radical (unpaired) electrons. The molecule has 4 N–H and O–H groups in total. The van der Waals surface area contributed by atoms with Crippen molar-refractivity contribution in [3.8, 4) is 0 Å². The largest absolute Gasteiger partial charge is 0.477 e. The Morgan fingerprint density at radius 2 is 1.40 bits per heavy atom. The van der Waals surface area contributed by atoms with Crippen molar-refractivity contribution < 1.29 is 43.4 Å². The van der Waals surface area contributed by atoms with Gasteiger partial charge in [-0.25, -0.2) is 24.4 Å². The Balaban J connectivity index is 1.16. The van der Waals surface area contributed by atoms with Gasteiger partial charge in [-0.15, -0.1) is 23.1 Å². The number of anilines is 1. The zero-order valence-corrected chi connectivity index (χ0v) is 42.8. The monoisotopic (exact) mass is 1020 g/mol. The van der Waals surface area contributed by atoms with Crippen molar-refractivity contribution in [2.24, 2.45) is 5.16 Å². The van der Waals surface area contributed by atoms with Crippen molar-refractivity contribution in [2.45, 2.75) is 86.6 Å². The number of fused-ring (bicyclic) bond motifs is 1. The second kappa shape index (κ2) is 22.2. The van der Waals surface area contributed by atoms with E-state index >= 15 is 0 Å². The second-order valence-electron chi connectivity index (χ2n) is 17.8. The predicted molar refractivity (Wildman–Crippen MR) is 274 cm³/mol. The van der Waals surface area contributed by atoms with Gasteiger partial charge >= 0.3 is 18.2 Å². The number of benzene rings is 3. The Morgan fingerprint density at radius 1 is 0.814 bits per heavy atom. The maximum absolute atomic E-state index is 14.8. The van der Waals surface area contributed by atoms with Gasteiger partial charge in [-0.2, -0.15) is 11.8 Å². The zero-order chi connectivity index (χ0) is 50.2. The van der Waals surface area contributed by atoms with Crippen molar-refractivity contribution in [3.63, 3.8) is 0 Å². The Bertz CT molecular complexity index is 2680. The molecule has 3 aromatic carbocycles. The van der Waals surface area contributed by atoms with Crippen LogP contribution in [0, 0.1) is 6.92 Å². The summed E-state index contributed by atoms with van der Waals surface area (Å²) >= 11 is 5.56. The molecule has 2 aromatic heterocycles. The number of pyridine rings is 1. The van der Waals surface area contributed by atoms with Gasteiger partial charge in [0.1, 0.15) is 39.8 Å². The molecular formula is C50H53N7O9S4. The number of carbonyl (C=O) groups excluding carboxylic acids is 4. The predicted octanol–water partition coefficient (Wildman–Crippen LogP) is 9.15. The van der Waals surface area contributed by atoms with E-state index in [4.69, 9.17) is 19.3 Å². The molecule has 366 valence electrons. The molecule has 7 rings (SSSR count). The van der Waals surface area contributed by atoms with E-state index in [1.807, 2.05) is 97.9 Å². The molecule has 4 amide bonds. The van der Waals surface area contributed by atoms with Gasteiger partial charge in [0.2, 0.25) is 5.60 Å².